The summed E-state index contributed by atoms with van der Waals surface area (Å²) in [5, 5.41) is 29.5. The molecular weight excluding hydrogens is 226 g/mol. The van der Waals surface area contributed by atoms with Gasteiger partial charge in [-0.25, -0.2) is 0 Å². The Balaban J connectivity index is 2.71. The predicted octanol–water partition coefficient (Wildman–Crippen LogP) is -0.797. The maximum Gasteiger partial charge on any atom is 0.307 e. The minimum absolute atomic E-state index is 0.403. The molecule has 6 nitrogen and oxygen atoms in total. The van der Waals surface area contributed by atoms with E-state index < -0.39 is 47.9 Å². The molecule has 1 aliphatic rings. The molecule has 0 heterocycles. The summed E-state index contributed by atoms with van der Waals surface area (Å²) in [6.07, 6.45) is 0. The zero-order valence-corrected chi connectivity index (χ0v) is 10.2. The van der Waals surface area contributed by atoms with E-state index in [4.69, 9.17) is 15.3 Å². The first-order valence-corrected chi connectivity index (χ1v) is 5.46. The second-order valence-corrected chi connectivity index (χ2v) is 5.48. The van der Waals surface area contributed by atoms with Crippen LogP contribution in [0.2, 0.25) is 0 Å². The first-order valence-electron chi connectivity index (χ1n) is 5.46. The smallest absolute Gasteiger partial charge is 0.307 e. The van der Waals surface area contributed by atoms with Gasteiger partial charge in [-0.3, -0.25) is 9.59 Å². The minimum Gasteiger partial charge on any atom is -0.481 e. The zero-order chi connectivity index (χ0) is 13.4. The van der Waals surface area contributed by atoms with Gasteiger partial charge in [0.05, 0.1) is 30.6 Å². The van der Waals surface area contributed by atoms with Gasteiger partial charge in [0.1, 0.15) is 0 Å². The molecule has 4 N–H and O–H groups in total. The summed E-state index contributed by atoms with van der Waals surface area (Å²) >= 11 is 0. The van der Waals surface area contributed by atoms with Crippen LogP contribution in [0.5, 0.6) is 0 Å². The van der Waals surface area contributed by atoms with Crippen LogP contribution in [0.3, 0.4) is 0 Å². The van der Waals surface area contributed by atoms with Crippen molar-refractivity contribution in [2.24, 2.45) is 17.3 Å². The zero-order valence-electron chi connectivity index (χ0n) is 10.2. The van der Waals surface area contributed by atoms with E-state index in [9.17, 15) is 9.59 Å². The predicted molar refractivity (Wildman–Crippen MR) is 59.1 cm³/mol. The molecule has 1 aliphatic carbocycles. The van der Waals surface area contributed by atoms with E-state index in [1.54, 1.807) is 13.8 Å². The molecule has 0 saturated heterocycles. The summed E-state index contributed by atoms with van der Waals surface area (Å²) in [5.41, 5.74) is -1.69. The molecule has 0 aromatic heterocycles. The second kappa shape index (κ2) is 4.27. The lowest BCUT2D eigenvalue weighted by molar-refractivity contribution is -0.140. The van der Waals surface area contributed by atoms with E-state index >= 15 is 0 Å². The van der Waals surface area contributed by atoms with Gasteiger partial charge in [-0.05, 0) is 12.3 Å². The molecule has 0 bridgehead atoms. The fraction of sp³-hybridized carbons (Fsp3) is 0.818. The van der Waals surface area contributed by atoms with Gasteiger partial charge in [0.15, 0.2) is 0 Å². The van der Waals surface area contributed by atoms with Crippen LogP contribution in [0.15, 0.2) is 0 Å². The van der Waals surface area contributed by atoms with Crippen LogP contribution < -0.4 is 5.32 Å². The quantitative estimate of drug-likeness (QED) is 0.507. The lowest BCUT2D eigenvalue weighted by atomic mass is 10.0. The van der Waals surface area contributed by atoms with Crippen LogP contribution in [0.25, 0.3) is 0 Å². The number of aliphatic hydroxyl groups is 2. The minimum atomic E-state index is -1.11. The molecule has 17 heavy (non-hydrogen) atoms. The highest BCUT2D eigenvalue weighted by molar-refractivity contribution is 5.92. The van der Waals surface area contributed by atoms with E-state index in [2.05, 4.69) is 5.32 Å². The van der Waals surface area contributed by atoms with Gasteiger partial charge < -0.3 is 20.6 Å². The number of amides is 1. The maximum atomic E-state index is 11.9. The third-order valence-corrected chi connectivity index (χ3v) is 3.50. The number of carbonyl (C=O) groups excluding carboxylic acids is 1. The van der Waals surface area contributed by atoms with Crippen molar-refractivity contribution in [2.75, 3.05) is 13.2 Å². The lowest BCUT2D eigenvalue weighted by Gasteiger charge is -2.26. The van der Waals surface area contributed by atoms with Crippen LogP contribution in [-0.2, 0) is 9.59 Å². The number of carbonyl (C=O) groups is 2. The number of rotatable bonds is 5. The van der Waals surface area contributed by atoms with Gasteiger partial charge in [-0.2, -0.15) is 0 Å². The number of carboxylic acids is 1. The van der Waals surface area contributed by atoms with Crippen molar-refractivity contribution in [1.82, 2.24) is 5.32 Å². The van der Waals surface area contributed by atoms with E-state index in [0.717, 1.165) is 0 Å². The Morgan fingerprint density at radius 2 is 1.71 bits per heavy atom. The number of carboxylic acid groups (broad SMARTS) is 1. The Bertz CT molecular complexity index is 335. The van der Waals surface area contributed by atoms with Crippen molar-refractivity contribution in [3.63, 3.8) is 0 Å². The Morgan fingerprint density at radius 1 is 1.24 bits per heavy atom. The van der Waals surface area contributed by atoms with Gasteiger partial charge in [-0.1, -0.05) is 13.8 Å². The average Bonchev–Trinajstić information content (AvgIpc) is 2.81. The van der Waals surface area contributed by atoms with Crippen LogP contribution >= 0.6 is 0 Å². The highest BCUT2D eigenvalue weighted by atomic mass is 16.4. The summed E-state index contributed by atoms with van der Waals surface area (Å²) in [7, 11) is 0. The second-order valence-electron chi connectivity index (χ2n) is 5.48. The summed E-state index contributed by atoms with van der Waals surface area (Å²) < 4.78 is 0. The Morgan fingerprint density at radius 3 is 2.00 bits per heavy atom. The summed E-state index contributed by atoms with van der Waals surface area (Å²) in [5.74, 6) is -2.75. The third kappa shape index (κ3) is 2.42. The number of nitrogens with one attached hydrogen (secondary N) is 1. The van der Waals surface area contributed by atoms with Gasteiger partial charge in [0.25, 0.3) is 0 Å². The maximum absolute atomic E-state index is 11.9. The molecule has 98 valence electrons. The van der Waals surface area contributed by atoms with Gasteiger partial charge >= 0.3 is 5.97 Å². The number of hydrogen-bond acceptors (Lipinski definition) is 4. The Kier molecular flexibility index (Phi) is 3.50. The van der Waals surface area contributed by atoms with E-state index in [1.165, 1.54) is 6.92 Å². The summed E-state index contributed by atoms with van der Waals surface area (Å²) in [6.45, 7) is 4.12. The Labute approximate surface area is 99.6 Å². The standard InChI is InChI=1S/C11H19NO5/c1-10(2)6(7(10)9(16)17)8(15)12-11(3,4-13)5-14/h6-7,13-14H,4-5H2,1-3H3,(H,12,15)(H,16,17). The molecule has 1 fully saturated rings. The van der Waals surface area contributed by atoms with Crippen molar-refractivity contribution in [1.29, 1.82) is 0 Å². The monoisotopic (exact) mass is 245 g/mol. The molecule has 0 aromatic rings. The highest BCUT2D eigenvalue weighted by Gasteiger charge is 2.66. The van der Waals surface area contributed by atoms with Crippen molar-refractivity contribution >= 4 is 11.9 Å². The normalized spacial score (nSPS) is 26.4. The van der Waals surface area contributed by atoms with Crippen molar-refractivity contribution < 1.29 is 24.9 Å². The van der Waals surface area contributed by atoms with Gasteiger partial charge in [-0.15, -0.1) is 0 Å². The fourth-order valence-electron chi connectivity index (χ4n) is 2.09. The van der Waals surface area contributed by atoms with E-state index in [0.29, 0.717) is 0 Å². The number of aliphatic carboxylic acids is 1. The van der Waals surface area contributed by atoms with Crippen molar-refractivity contribution in [2.45, 2.75) is 26.3 Å². The Hall–Kier alpha value is -1.14. The van der Waals surface area contributed by atoms with E-state index in [1.807, 2.05) is 0 Å². The van der Waals surface area contributed by atoms with Gasteiger partial charge in [0.2, 0.25) is 5.91 Å². The number of hydrogen-bond donors (Lipinski definition) is 4. The molecule has 0 radical (unpaired) electrons. The first-order chi connectivity index (χ1) is 7.69. The fourth-order valence-corrected chi connectivity index (χ4v) is 2.09. The molecular formula is C11H19NO5. The molecule has 2 atom stereocenters. The third-order valence-electron chi connectivity index (χ3n) is 3.50. The molecule has 1 rings (SSSR count). The van der Waals surface area contributed by atoms with Gasteiger partial charge in [0, 0.05) is 0 Å². The van der Waals surface area contributed by atoms with Crippen LogP contribution in [-0.4, -0.2) is 45.9 Å². The lowest BCUT2D eigenvalue weighted by Crippen LogP contribution is -2.52. The molecule has 0 spiro atoms. The van der Waals surface area contributed by atoms with Crippen LogP contribution in [0, 0.1) is 17.3 Å². The molecule has 1 amide bonds. The SMILES string of the molecule is CC(CO)(CO)NC(=O)C1C(C(=O)O)C1(C)C. The summed E-state index contributed by atoms with van der Waals surface area (Å²) in [4.78, 5) is 22.8. The number of aliphatic hydroxyl groups excluding tert-OH is 2. The topological polar surface area (TPSA) is 107 Å². The highest BCUT2D eigenvalue weighted by Crippen LogP contribution is 2.58. The molecule has 0 aromatic carbocycles. The first kappa shape index (κ1) is 13.9. The van der Waals surface area contributed by atoms with Crippen LogP contribution in [0.1, 0.15) is 20.8 Å². The van der Waals surface area contributed by atoms with Crippen molar-refractivity contribution in [3.05, 3.63) is 0 Å². The van der Waals surface area contributed by atoms with E-state index in [-0.39, 0.29) is 0 Å². The molecule has 2 unspecified atom stereocenters. The summed E-state index contributed by atoms with van der Waals surface area (Å²) in [6, 6.07) is 0. The molecule has 1 saturated carbocycles. The van der Waals surface area contributed by atoms with Crippen LogP contribution in [0.4, 0.5) is 0 Å². The average molecular weight is 245 g/mol. The largest absolute Gasteiger partial charge is 0.481 e. The molecule has 6 heteroatoms. The van der Waals surface area contributed by atoms with Crippen molar-refractivity contribution in [3.8, 4) is 0 Å². The molecule has 0 aliphatic heterocycles.